The molecule has 2 aliphatic rings. The molecule has 1 saturated heterocycles. The van der Waals surface area contributed by atoms with Crippen LogP contribution in [0, 0.1) is 0 Å². The van der Waals surface area contributed by atoms with Crippen molar-refractivity contribution in [3.05, 3.63) is 63.9 Å². The number of ether oxygens (including phenoxy) is 1. The van der Waals surface area contributed by atoms with Crippen molar-refractivity contribution in [2.75, 3.05) is 29.5 Å². The first-order valence-corrected chi connectivity index (χ1v) is 10.6. The molecule has 170 valence electrons. The largest absolute Gasteiger partial charge is 0.478 e. The Kier molecular flexibility index (Phi) is 4.94. The van der Waals surface area contributed by atoms with Crippen LogP contribution in [0.15, 0.2) is 47.3 Å². The number of aromatic nitrogens is 1. The van der Waals surface area contributed by atoms with E-state index in [1.165, 1.54) is 12.1 Å². The molecule has 10 nitrogen and oxygen atoms in total. The Bertz CT molecular complexity index is 1330. The topological polar surface area (TPSA) is 159 Å². The number of aromatic carboxylic acids is 1. The molecule has 7 N–H and O–H groups in total. The lowest BCUT2D eigenvalue weighted by Gasteiger charge is -2.31. The normalized spacial score (nSPS) is 21.3. The van der Waals surface area contributed by atoms with Crippen LogP contribution in [0.2, 0.25) is 0 Å². The van der Waals surface area contributed by atoms with E-state index in [1.807, 2.05) is 0 Å². The monoisotopic (exact) mass is 449 g/mol. The maximum absolute atomic E-state index is 13.6. The van der Waals surface area contributed by atoms with E-state index < -0.39 is 23.1 Å². The molecular formula is C23H23N5O5. The van der Waals surface area contributed by atoms with Crippen LogP contribution in [0.4, 0.5) is 17.1 Å². The number of nitrogen functional groups attached to an aromatic ring is 1. The molecule has 10 heteroatoms. The van der Waals surface area contributed by atoms with E-state index >= 15 is 0 Å². The number of anilines is 3. The van der Waals surface area contributed by atoms with Crippen molar-refractivity contribution >= 4 is 39.8 Å². The standard InChI is InChI=1S/C23H23N5O5/c24-19-14-5-1-2-6-15(14)26-20(29)18(19)23(22(32)25-11-13-4-3-9-33-13)27-16-8-7-12(21(30)31)10-17(16)28-23/h1-2,5-8,10,13,27-28H,3-4,9,11H2,(H,25,32)(H,30,31)(H3,24,26,29). The summed E-state index contributed by atoms with van der Waals surface area (Å²) in [5.41, 5.74) is 5.74. The lowest BCUT2D eigenvalue weighted by atomic mass is 9.96. The zero-order chi connectivity index (χ0) is 23.2. The minimum atomic E-state index is -1.75. The predicted molar refractivity (Wildman–Crippen MR) is 123 cm³/mol. The smallest absolute Gasteiger partial charge is 0.335 e. The third-order valence-electron chi connectivity index (χ3n) is 6.10. The van der Waals surface area contributed by atoms with Gasteiger partial charge < -0.3 is 36.5 Å². The summed E-state index contributed by atoms with van der Waals surface area (Å²) in [6.07, 6.45) is 1.64. The van der Waals surface area contributed by atoms with Crippen molar-refractivity contribution in [3.8, 4) is 0 Å². The number of amides is 1. The van der Waals surface area contributed by atoms with Crippen LogP contribution in [0.25, 0.3) is 10.9 Å². The molecule has 5 rings (SSSR count). The summed E-state index contributed by atoms with van der Waals surface area (Å²) < 4.78 is 5.60. The summed E-state index contributed by atoms with van der Waals surface area (Å²) in [6.45, 7) is 0.912. The first-order chi connectivity index (χ1) is 15.9. The first kappa shape index (κ1) is 20.8. The van der Waals surface area contributed by atoms with Gasteiger partial charge in [-0.05, 0) is 37.1 Å². The van der Waals surface area contributed by atoms with Gasteiger partial charge in [0.25, 0.3) is 11.5 Å². The molecule has 0 bridgehead atoms. The third kappa shape index (κ3) is 3.44. The molecule has 1 aromatic heterocycles. The molecule has 3 heterocycles. The number of nitrogens with one attached hydrogen (secondary N) is 4. The van der Waals surface area contributed by atoms with Crippen molar-refractivity contribution in [2.45, 2.75) is 24.6 Å². The van der Waals surface area contributed by atoms with E-state index in [-0.39, 0.29) is 29.5 Å². The molecule has 0 radical (unpaired) electrons. The number of hydrogen-bond donors (Lipinski definition) is 6. The zero-order valence-electron chi connectivity index (χ0n) is 17.6. The highest BCUT2D eigenvalue weighted by molar-refractivity contribution is 6.03. The predicted octanol–water partition coefficient (Wildman–Crippen LogP) is 1.79. The number of carboxylic acids is 1. The second-order valence-corrected chi connectivity index (χ2v) is 8.20. The molecule has 1 fully saturated rings. The number of hydrogen-bond acceptors (Lipinski definition) is 7. The Morgan fingerprint density at radius 1 is 1.18 bits per heavy atom. The van der Waals surface area contributed by atoms with Crippen LogP contribution >= 0.6 is 0 Å². The van der Waals surface area contributed by atoms with Gasteiger partial charge in [0, 0.05) is 18.5 Å². The lowest BCUT2D eigenvalue weighted by molar-refractivity contribution is -0.125. The van der Waals surface area contributed by atoms with Gasteiger partial charge in [-0.2, -0.15) is 0 Å². The van der Waals surface area contributed by atoms with Gasteiger partial charge >= 0.3 is 5.97 Å². The molecule has 0 aliphatic carbocycles. The Balaban J connectivity index is 1.62. The number of pyridine rings is 1. The van der Waals surface area contributed by atoms with E-state index in [0.717, 1.165) is 12.8 Å². The van der Waals surface area contributed by atoms with Gasteiger partial charge in [0.2, 0.25) is 5.66 Å². The van der Waals surface area contributed by atoms with Gasteiger partial charge in [0.15, 0.2) is 0 Å². The fourth-order valence-corrected chi connectivity index (χ4v) is 4.46. The second kappa shape index (κ2) is 7.82. The maximum atomic E-state index is 13.6. The molecule has 0 spiro atoms. The Morgan fingerprint density at radius 3 is 2.73 bits per heavy atom. The molecule has 2 unspecified atom stereocenters. The zero-order valence-corrected chi connectivity index (χ0v) is 17.6. The van der Waals surface area contributed by atoms with Gasteiger partial charge in [-0.25, -0.2) is 4.79 Å². The Hall–Kier alpha value is -4.05. The highest BCUT2D eigenvalue weighted by Crippen LogP contribution is 2.42. The Labute approximate surface area is 188 Å². The highest BCUT2D eigenvalue weighted by atomic mass is 16.5. The van der Waals surface area contributed by atoms with Crippen LogP contribution in [-0.2, 0) is 15.2 Å². The molecule has 2 atom stereocenters. The van der Waals surface area contributed by atoms with Crippen LogP contribution in [0.1, 0.15) is 28.8 Å². The van der Waals surface area contributed by atoms with E-state index in [2.05, 4.69) is 20.9 Å². The number of H-pyrrole nitrogens is 1. The summed E-state index contributed by atoms with van der Waals surface area (Å²) in [6, 6.07) is 11.4. The molecule has 1 amide bonds. The Morgan fingerprint density at radius 2 is 1.97 bits per heavy atom. The number of carbonyl (C=O) groups is 2. The molecule has 2 aliphatic heterocycles. The highest BCUT2D eigenvalue weighted by Gasteiger charge is 2.49. The number of carbonyl (C=O) groups excluding carboxylic acids is 1. The van der Waals surface area contributed by atoms with Crippen LogP contribution < -0.4 is 27.2 Å². The van der Waals surface area contributed by atoms with Crippen molar-refractivity contribution in [2.24, 2.45) is 0 Å². The minimum absolute atomic E-state index is 0.000819. The number of benzene rings is 2. The van der Waals surface area contributed by atoms with E-state index in [4.69, 9.17) is 10.5 Å². The van der Waals surface area contributed by atoms with E-state index in [9.17, 15) is 19.5 Å². The van der Waals surface area contributed by atoms with Crippen molar-refractivity contribution in [1.82, 2.24) is 10.3 Å². The van der Waals surface area contributed by atoms with E-state index in [0.29, 0.717) is 28.9 Å². The number of aromatic amines is 1. The summed E-state index contributed by atoms with van der Waals surface area (Å²) in [7, 11) is 0. The number of fused-ring (bicyclic) bond motifs is 2. The van der Waals surface area contributed by atoms with Crippen molar-refractivity contribution < 1.29 is 19.4 Å². The van der Waals surface area contributed by atoms with Crippen molar-refractivity contribution in [1.29, 1.82) is 0 Å². The van der Waals surface area contributed by atoms with Crippen LogP contribution in [-0.4, -0.2) is 41.2 Å². The number of carboxylic acid groups (broad SMARTS) is 1. The summed E-state index contributed by atoms with van der Waals surface area (Å²) >= 11 is 0. The second-order valence-electron chi connectivity index (χ2n) is 8.20. The SMILES string of the molecule is Nc1c(C2(C(=O)NCC3CCCO3)Nc3ccc(C(=O)O)cc3N2)c(=O)[nH]c2ccccc12. The summed E-state index contributed by atoms with van der Waals surface area (Å²) in [5.74, 6) is -1.64. The van der Waals surface area contributed by atoms with Crippen LogP contribution in [0.3, 0.4) is 0 Å². The van der Waals surface area contributed by atoms with E-state index in [1.54, 1.807) is 30.3 Å². The minimum Gasteiger partial charge on any atom is -0.478 e. The number of nitrogens with two attached hydrogens (primary N) is 1. The third-order valence-corrected chi connectivity index (χ3v) is 6.10. The van der Waals surface area contributed by atoms with Crippen molar-refractivity contribution in [3.63, 3.8) is 0 Å². The fraction of sp³-hybridized carbons (Fsp3) is 0.261. The van der Waals surface area contributed by atoms with Gasteiger partial charge in [-0.15, -0.1) is 0 Å². The lowest BCUT2D eigenvalue weighted by Crippen LogP contribution is -2.56. The van der Waals surface area contributed by atoms with Gasteiger partial charge in [-0.1, -0.05) is 18.2 Å². The quantitative estimate of drug-likeness (QED) is 0.344. The van der Waals surface area contributed by atoms with Gasteiger partial charge in [0.1, 0.15) is 0 Å². The average Bonchev–Trinajstić information content (AvgIpc) is 3.45. The molecule has 2 aromatic carbocycles. The summed E-state index contributed by atoms with van der Waals surface area (Å²) in [4.78, 5) is 41.1. The molecule has 33 heavy (non-hydrogen) atoms. The van der Waals surface area contributed by atoms with Gasteiger partial charge in [0.05, 0.1) is 39.8 Å². The molecular weight excluding hydrogens is 426 g/mol. The first-order valence-electron chi connectivity index (χ1n) is 10.6. The average molecular weight is 449 g/mol. The number of para-hydroxylation sites is 1. The summed E-state index contributed by atoms with van der Waals surface area (Å²) in [5, 5.41) is 19.0. The van der Waals surface area contributed by atoms with Gasteiger partial charge in [-0.3, -0.25) is 9.59 Å². The number of rotatable bonds is 5. The maximum Gasteiger partial charge on any atom is 0.335 e. The van der Waals surface area contributed by atoms with Crippen LogP contribution in [0.5, 0.6) is 0 Å². The molecule has 0 saturated carbocycles. The fourth-order valence-electron chi connectivity index (χ4n) is 4.46. The molecule has 3 aromatic rings.